The third kappa shape index (κ3) is 2.34. The summed E-state index contributed by atoms with van der Waals surface area (Å²) in [6.07, 6.45) is 0. The summed E-state index contributed by atoms with van der Waals surface area (Å²) in [5, 5.41) is -0.556. The maximum Gasteiger partial charge on any atom is 0.254 e. The molecule has 0 atom stereocenters. The van der Waals surface area contributed by atoms with E-state index in [-0.39, 0.29) is 0 Å². The van der Waals surface area contributed by atoms with Gasteiger partial charge in [-0.25, -0.2) is 0 Å². The maximum atomic E-state index is 10.9. The van der Waals surface area contributed by atoms with Crippen molar-refractivity contribution in [1.29, 1.82) is 0 Å². The quantitative estimate of drug-likeness (QED) is 0.442. The Morgan fingerprint density at radius 2 is 2.31 bits per heavy atom. The van der Waals surface area contributed by atoms with E-state index in [0.29, 0.717) is 16.9 Å². The molecule has 0 heterocycles. The third-order valence-electron chi connectivity index (χ3n) is 1.47. The van der Waals surface area contributed by atoms with Gasteiger partial charge in [0, 0.05) is 5.69 Å². The summed E-state index contributed by atoms with van der Waals surface area (Å²) in [5.41, 5.74) is 9.34. The first-order chi connectivity index (χ1) is 6.15. The molecule has 13 heavy (non-hydrogen) atoms. The van der Waals surface area contributed by atoms with Gasteiger partial charge in [0.05, 0.1) is 18.4 Å². The highest BCUT2D eigenvalue weighted by atomic mass is 35.5. The number of benzene rings is 1. The smallest absolute Gasteiger partial charge is 0.254 e. The van der Waals surface area contributed by atoms with Gasteiger partial charge in [-0.3, -0.25) is 15.1 Å². The standard InChI is InChI=1S/C8H9ClN2O2/c1-13-11-7-4-5(10)2-3-6(7)8(9)12/h2-4,11H,10H2,1H3. The molecule has 5 heteroatoms. The van der Waals surface area contributed by atoms with Crippen LogP contribution in [-0.2, 0) is 4.84 Å². The largest absolute Gasteiger partial charge is 0.399 e. The molecule has 0 saturated heterocycles. The molecule has 0 saturated carbocycles. The second kappa shape index (κ2) is 4.11. The molecule has 3 N–H and O–H groups in total. The number of halogens is 1. The van der Waals surface area contributed by atoms with E-state index in [1.54, 1.807) is 12.1 Å². The Labute approximate surface area is 80.6 Å². The van der Waals surface area contributed by atoms with Crippen molar-refractivity contribution in [3.8, 4) is 0 Å². The average Bonchev–Trinajstić information content (AvgIpc) is 2.04. The monoisotopic (exact) mass is 200 g/mol. The van der Waals surface area contributed by atoms with E-state index in [1.807, 2.05) is 0 Å². The number of rotatable bonds is 3. The lowest BCUT2D eigenvalue weighted by molar-refractivity contribution is 0.108. The van der Waals surface area contributed by atoms with Crippen LogP contribution in [0.1, 0.15) is 10.4 Å². The van der Waals surface area contributed by atoms with Gasteiger partial charge in [-0.15, -0.1) is 0 Å². The molecule has 1 rings (SSSR count). The average molecular weight is 201 g/mol. The van der Waals surface area contributed by atoms with Gasteiger partial charge in [-0.1, -0.05) is 0 Å². The van der Waals surface area contributed by atoms with Gasteiger partial charge >= 0.3 is 0 Å². The zero-order valence-electron chi connectivity index (χ0n) is 7.00. The number of hydrogen-bond donors (Lipinski definition) is 2. The molecular weight excluding hydrogens is 192 g/mol. The second-order valence-electron chi connectivity index (χ2n) is 2.38. The number of nitrogen functional groups attached to an aromatic ring is 1. The van der Waals surface area contributed by atoms with Crippen LogP contribution in [0.2, 0.25) is 0 Å². The van der Waals surface area contributed by atoms with Gasteiger partial charge in [-0.05, 0) is 29.8 Å². The van der Waals surface area contributed by atoms with Crippen LogP contribution in [-0.4, -0.2) is 12.4 Å². The van der Waals surface area contributed by atoms with Crippen molar-refractivity contribution < 1.29 is 9.63 Å². The van der Waals surface area contributed by atoms with Crippen LogP contribution in [0.25, 0.3) is 0 Å². The summed E-state index contributed by atoms with van der Waals surface area (Å²) in [5.74, 6) is 0. The fourth-order valence-electron chi connectivity index (χ4n) is 0.928. The molecule has 0 unspecified atom stereocenters. The van der Waals surface area contributed by atoms with E-state index in [9.17, 15) is 4.79 Å². The zero-order chi connectivity index (χ0) is 9.84. The predicted molar refractivity (Wildman–Crippen MR) is 51.7 cm³/mol. The van der Waals surface area contributed by atoms with Crippen molar-refractivity contribution >= 4 is 28.2 Å². The number of anilines is 2. The van der Waals surface area contributed by atoms with Crippen molar-refractivity contribution in [2.75, 3.05) is 18.3 Å². The Bertz CT molecular complexity index is 328. The van der Waals surface area contributed by atoms with Crippen molar-refractivity contribution in [2.45, 2.75) is 0 Å². The highest BCUT2D eigenvalue weighted by Gasteiger charge is 2.08. The van der Waals surface area contributed by atoms with E-state index in [1.165, 1.54) is 13.2 Å². The lowest BCUT2D eigenvalue weighted by atomic mass is 10.2. The summed E-state index contributed by atoms with van der Waals surface area (Å²) in [6, 6.07) is 4.70. The number of carbonyl (C=O) groups is 1. The van der Waals surface area contributed by atoms with E-state index in [4.69, 9.17) is 17.3 Å². The molecule has 0 spiro atoms. The van der Waals surface area contributed by atoms with Crippen LogP contribution in [0.15, 0.2) is 18.2 Å². The Morgan fingerprint density at radius 3 is 2.85 bits per heavy atom. The Hall–Kier alpha value is -1.26. The van der Waals surface area contributed by atoms with Crippen molar-refractivity contribution in [3.05, 3.63) is 23.8 Å². The normalized spacial score (nSPS) is 9.69. The Balaban J connectivity index is 3.10. The van der Waals surface area contributed by atoms with Crippen LogP contribution in [0.4, 0.5) is 11.4 Å². The number of nitrogens with two attached hydrogens (primary N) is 1. The first-order valence-electron chi connectivity index (χ1n) is 3.53. The van der Waals surface area contributed by atoms with Crippen LogP contribution >= 0.6 is 11.6 Å². The number of carbonyl (C=O) groups excluding carboxylic acids is 1. The number of nitrogens with one attached hydrogen (secondary N) is 1. The summed E-state index contributed by atoms with van der Waals surface area (Å²) >= 11 is 5.32. The minimum Gasteiger partial charge on any atom is -0.399 e. The van der Waals surface area contributed by atoms with Crippen molar-refractivity contribution in [1.82, 2.24) is 0 Å². The summed E-state index contributed by atoms with van der Waals surface area (Å²) in [4.78, 5) is 15.5. The SMILES string of the molecule is CONc1cc(N)ccc1C(=O)Cl. The van der Waals surface area contributed by atoms with Gasteiger partial charge < -0.3 is 5.73 Å². The molecule has 0 amide bonds. The Kier molecular flexibility index (Phi) is 3.11. The van der Waals surface area contributed by atoms with Crippen LogP contribution in [0.5, 0.6) is 0 Å². The zero-order valence-corrected chi connectivity index (χ0v) is 7.76. The van der Waals surface area contributed by atoms with Gasteiger partial charge in [0.2, 0.25) is 0 Å². The van der Waals surface area contributed by atoms with Crippen molar-refractivity contribution in [2.24, 2.45) is 0 Å². The fourth-order valence-corrected chi connectivity index (χ4v) is 1.09. The molecule has 0 aromatic heterocycles. The summed E-state index contributed by atoms with van der Waals surface area (Å²) in [7, 11) is 1.44. The molecule has 1 aromatic carbocycles. The summed E-state index contributed by atoms with van der Waals surface area (Å²) in [6.45, 7) is 0. The highest BCUT2D eigenvalue weighted by molar-refractivity contribution is 6.68. The van der Waals surface area contributed by atoms with Crippen LogP contribution in [0.3, 0.4) is 0 Å². The van der Waals surface area contributed by atoms with Gasteiger partial charge in [0.15, 0.2) is 0 Å². The lowest BCUT2D eigenvalue weighted by Crippen LogP contribution is -2.03. The first-order valence-corrected chi connectivity index (χ1v) is 3.91. The minimum atomic E-state index is -0.556. The fraction of sp³-hybridized carbons (Fsp3) is 0.125. The molecule has 1 aromatic rings. The van der Waals surface area contributed by atoms with Crippen LogP contribution < -0.4 is 11.2 Å². The molecule has 0 bridgehead atoms. The second-order valence-corrected chi connectivity index (χ2v) is 2.73. The molecule has 0 aliphatic carbocycles. The Morgan fingerprint density at radius 1 is 1.62 bits per heavy atom. The van der Waals surface area contributed by atoms with Gasteiger partial charge in [-0.2, -0.15) is 0 Å². The lowest BCUT2D eigenvalue weighted by Gasteiger charge is -2.07. The first kappa shape index (κ1) is 9.83. The molecule has 4 nitrogen and oxygen atoms in total. The third-order valence-corrected chi connectivity index (χ3v) is 1.67. The van der Waals surface area contributed by atoms with Gasteiger partial charge in [0.25, 0.3) is 5.24 Å². The van der Waals surface area contributed by atoms with Gasteiger partial charge in [0.1, 0.15) is 0 Å². The molecular formula is C8H9ClN2O2. The number of hydrogen-bond acceptors (Lipinski definition) is 4. The van der Waals surface area contributed by atoms with Crippen LogP contribution in [0, 0.1) is 0 Å². The predicted octanol–water partition coefficient (Wildman–Crippen LogP) is 1.62. The molecule has 70 valence electrons. The van der Waals surface area contributed by atoms with E-state index < -0.39 is 5.24 Å². The summed E-state index contributed by atoms with van der Waals surface area (Å²) < 4.78 is 0. The van der Waals surface area contributed by atoms with E-state index in [0.717, 1.165) is 0 Å². The van der Waals surface area contributed by atoms with E-state index in [2.05, 4.69) is 10.3 Å². The topological polar surface area (TPSA) is 64.3 Å². The molecule has 0 aliphatic rings. The molecule has 0 aliphatic heterocycles. The van der Waals surface area contributed by atoms with Crippen molar-refractivity contribution in [3.63, 3.8) is 0 Å². The minimum absolute atomic E-state index is 0.331. The maximum absolute atomic E-state index is 10.9. The highest BCUT2D eigenvalue weighted by Crippen LogP contribution is 2.20. The van der Waals surface area contributed by atoms with E-state index >= 15 is 0 Å². The molecule has 0 fully saturated rings. The molecule has 0 radical (unpaired) electrons.